The second kappa shape index (κ2) is 5.88. The van der Waals surface area contributed by atoms with E-state index in [0.717, 1.165) is 18.5 Å². The van der Waals surface area contributed by atoms with Crippen molar-refractivity contribution in [3.05, 3.63) is 42.5 Å². The van der Waals surface area contributed by atoms with E-state index in [-0.39, 0.29) is 23.8 Å². The maximum atomic E-state index is 12.6. The van der Waals surface area contributed by atoms with Crippen molar-refractivity contribution in [2.75, 3.05) is 19.7 Å². The van der Waals surface area contributed by atoms with Crippen molar-refractivity contribution in [2.45, 2.75) is 19.8 Å². The molecule has 1 aliphatic rings. The summed E-state index contributed by atoms with van der Waals surface area (Å²) < 4.78 is 1.60. The van der Waals surface area contributed by atoms with Gasteiger partial charge in [0.25, 0.3) is 5.91 Å². The molecule has 1 saturated heterocycles. The number of piperidine rings is 1. The number of rotatable bonds is 3. The molecular weight excluding hydrogens is 280 g/mol. The van der Waals surface area contributed by atoms with E-state index in [2.05, 4.69) is 10.1 Å². The van der Waals surface area contributed by atoms with Crippen LogP contribution in [0.3, 0.4) is 0 Å². The maximum Gasteiger partial charge on any atom is 0.293 e. The predicted molar refractivity (Wildman–Crippen MR) is 81.7 cm³/mol. The average Bonchev–Trinajstić information content (AvgIpc) is 3.05. The first-order chi connectivity index (χ1) is 10.6. The van der Waals surface area contributed by atoms with E-state index in [1.165, 1.54) is 0 Å². The van der Waals surface area contributed by atoms with Crippen molar-refractivity contribution in [3.8, 4) is 5.69 Å². The molecule has 1 aromatic heterocycles. The number of benzene rings is 1. The highest BCUT2D eigenvalue weighted by Gasteiger charge is 2.34. The second-order valence-corrected chi connectivity index (χ2v) is 6.15. The van der Waals surface area contributed by atoms with Crippen LogP contribution in [0.15, 0.2) is 36.7 Å². The molecule has 0 aliphatic carbocycles. The fourth-order valence-corrected chi connectivity index (χ4v) is 2.83. The van der Waals surface area contributed by atoms with Crippen LogP contribution in [0.5, 0.6) is 0 Å². The molecule has 3 rings (SSSR count). The lowest BCUT2D eigenvalue weighted by Gasteiger charge is -2.38. The van der Waals surface area contributed by atoms with Gasteiger partial charge in [0.2, 0.25) is 5.82 Å². The number of nitrogens with zero attached hydrogens (tertiary/aromatic N) is 4. The molecule has 1 amide bonds. The number of aliphatic hydroxyl groups excluding tert-OH is 1. The highest BCUT2D eigenvalue weighted by Crippen LogP contribution is 2.29. The van der Waals surface area contributed by atoms with Crippen molar-refractivity contribution in [2.24, 2.45) is 5.41 Å². The molecule has 2 heterocycles. The highest BCUT2D eigenvalue weighted by molar-refractivity contribution is 5.90. The number of hydrogen-bond acceptors (Lipinski definition) is 4. The van der Waals surface area contributed by atoms with Gasteiger partial charge < -0.3 is 10.0 Å². The molecule has 2 aromatic rings. The number of aromatic nitrogens is 3. The highest BCUT2D eigenvalue weighted by atomic mass is 16.3. The van der Waals surface area contributed by atoms with E-state index in [0.29, 0.717) is 13.1 Å². The SMILES string of the molecule is CC1(CO)CCCN(C(=O)c2ncn(-c3ccccc3)n2)C1. The van der Waals surface area contributed by atoms with E-state index in [1.54, 1.807) is 15.9 Å². The molecule has 1 N–H and O–H groups in total. The maximum absolute atomic E-state index is 12.6. The van der Waals surface area contributed by atoms with Gasteiger partial charge >= 0.3 is 0 Å². The van der Waals surface area contributed by atoms with Crippen LogP contribution in [0.4, 0.5) is 0 Å². The Morgan fingerprint density at radius 3 is 2.86 bits per heavy atom. The van der Waals surface area contributed by atoms with Gasteiger partial charge in [-0.3, -0.25) is 4.79 Å². The number of carbonyl (C=O) groups is 1. The lowest BCUT2D eigenvalue weighted by atomic mass is 9.83. The zero-order chi connectivity index (χ0) is 15.6. The Labute approximate surface area is 129 Å². The molecular formula is C16H20N4O2. The third kappa shape index (κ3) is 2.87. The first-order valence-electron chi connectivity index (χ1n) is 7.48. The molecule has 1 aromatic carbocycles. The van der Waals surface area contributed by atoms with Gasteiger partial charge in [-0.25, -0.2) is 9.67 Å². The largest absolute Gasteiger partial charge is 0.396 e. The van der Waals surface area contributed by atoms with Gasteiger partial charge in [0.1, 0.15) is 6.33 Å². The lowest BCUT2D eigenvalue weighted by Crippen LogP contribution is -2.46. The van der Waals surface area contributed by atoms with Gasteiger partial charge in [-0.1, -0.05) is 25.1 Å². The molecule has 0 saturated carbocycles. The molecule has 116 valence electrons. The summed E-state index contributed by atoms with van der Waals surface area (Å²) in [6, 6.07) is 9.57. The molecule has 1 fully saturated rings. The lowest BCUT2D eigenvalue weighted by molar-refractivity contribution is 0.0349. The van der Waals surface area contributed by atoms with Crippen LogP contribution in [0.25, 0.3) is 5.69 Å². The summed E-state index contributed by atoms with van der Waals surface area (Å²) in [6.07, 6.45) is 3.37. The van der Waals surface area contributed by atoms with E-state index in [1.807, 2.05) is 37.3 Å². The monoisotopic (exact) mass is 300 g/mol. The number of para-hydroxylation sites is 1. The summed E-state index contributed by atoms with van der Waals surface area (Å²) in [5, 5.41) is 13.8. The first-order valence-corrected chi connectivity index (χ1v) is 7.48. The van der Waals surface area contributed by atoms with Crippen molar-refractivity contribution < 1.29 is 9.90 Å². The predicted octanol–water partition coefficient (Wildman–Crippen LogP) is 1.50. The summed E-state index contributed by atoms with van der Waals surface area (Å²) in [6.45, 7) is 3.32. The van der Waals surface area contributed by atoms with Gasteiger partial charge in [0.15, 0.2) is 0 Å². The third-order valence-corrected chi connectivity index (χ3v) is 4.15. The van der Waals surface area contributed by atoms with Crippen molar-refractivity contribution >= 4 is 5.91 Å². The minimum Gasteiger partial charge on any atom is -0.396 e. The molecule has 22 heavy (non-hydrogen) atoms. The van der Waals surface area contributed by atoms with Crippen LogP contribution in [0.2, 0.25) is 0 Å². The molecule has 0 radical (unpaired) electrons. The smallest absolute Gasteiger partial charge is 0.293 e. The van der Waals surface area contributed by atoms with Crippen molar-refractivity contribution in [1.29, 1.82) is 0 Å². The fourth-order valence-electron chi connectivity index (χ4n) is 2.83. The van der Waals surface area contributed by atoms with Crippen LogP contribution < -0.4 is 0 Å². The molecule has 1 aliphatic heterocycles. The van der Waals surface area contributed by atoms with Crippen LogP contribution in [-0.4, -0.2) is 50.4 Å². The first kappa shape index (κ1) is 14.7. The van der Waals surface area contributed by atoms with E-state index < -0.39 is 0 Å². The van der Waals surface area contributed by atoms with Crippen LogP contribution in [0.1, 0.15) is 30.4 Å². The van der Waals surface area contributed by atoms with Gasteiger partial charge in [-0.05, 0) is 25.0 Å². The molecule has 0 spiro atoms. The zero-order valence-electron chi connectivity index (χ0n) is 12.6. The zero-order valence-corrected chi connectivity index (χ0v) is 12.6. The summed E-state index contributed by atoms with van der Waals surface area (Å²) in [7, 11) is 0. The summed E-state index contributed by atoms with van der Waals surface area (Å²) in [5.74, 6) is 0.0279. The number of aliphatic hydroxyl groups is 1. The Balaban J connectivity index is 1.77. The third-order valence-electron chi connectivity index (χ3n) is 4.15. The topological polar surface area (TPSA) is 71.2 Å². The number of amides is 1. The fraction of sp³-hybridized carbons (Fsp3) is 0.438. The molecule has 1 unspecified atom stereocenters. The Kier molecular flexibility index (Phi) is 3.94. The Morgan fingerprint density at radius 1 is 1.36 bits per heavy atom. The van der Waals surface area contributed by atoms with E-state index in [4.69, 9.17) is 0 Å². The number of carbonyl (C=O) groups excluding carboxylic acids is 1. The summed E-state index contributed by atoms with van der Waals surface area (Å²) in [5.41, 5.74) is 0.642. The molecule has 6 nitrogen and oxygen atoms in total. The normalized spacial score (nSPS) is 21.8. The average molecular weight is 300 g/mol. The van der Waals surface area contributed by atoms with Gasteiger partial charge in [0.05, 0.1) is 12.3 Å². The molecule has 0 bridgehead atoms. The molecule has 6 heteroatoms. The van der Waals surface area contributed by atoms with E-state index >= 15 is 0 Å². The number of likely N-dealkylation sites (tertiary alicyclic amines) is 1. The molecule has 1 atom stereocenters. The minimum absolute atomic E-state index is 0.0860. The standard InChI is InChI=1S/C16H20N4O2/c1-16(11-21)8-5-9-19(10-16)15(22)14-17-12-20(18-14)13-6-3-2-4-7-13/h2-4,6-7,12,21H,5,8-11H2,1H3. The van der Waals surface area contributed by atoms with Gasteiger partial charge in [0, 0.05) is 18.5 Å². The summed E-state index contributed by atoms with van der Waals surface area (Å²) in [4.78, 5) is 18.4. The Bertz CT molecular complexity index is 655. The van der Waals surface area contributed by atoms with Gasteiger partial charge in [-0.2, -0.15) is 0 Å². The van der Waals surface area contributed by atoms with Gasteiger partial charge in [-0.15, -0.1) is 5.10 Å². The second-order valence-electron chi connectivity index (χ2n) is 6.15. The Morgan fingerprint density at radius 2 is 2.14 bits per heavy atom. The van der Waals surface area contributed by atoms with E-state index in [9.17, 15) is 9.90 Å². The quantitative estimate of drug-likeness (QED) is 0.932. The van der Waals surface area contributed by atoms with Crippen LogP contribution >= 0.6 is 0 Å². The van der Waals surface area contributed by atoms with Crippen LogP contribution in [-0.2, 0) is 0 Å². The Hall–Kier alpha value is -2.21. The minimum atomic E-state index is -0.226. The van der Waals surface area contributed by atoms with Crippen molar-refractivity contribution in [3.63, 3.8) is 0 Å². The summed E-state index contributed by atoms with van der Waals surface area (Å²) >= 11 is 0. The van der Waals surface area contributed by atoms with Crippen molar-refractivity contribution in [1.82, 2.24) is 19.7 Å². The number of hydrogen-bond donors (Lipinski definition) is 1. The van der Waals surface area contributed by atoms with Crippen LogP contribution in [0, 0.1) is 5.41 Å².